The summed E-state index contributed by atoms with van der Waals surface area (Å²) in [5, 5.41) is 2.95. The van der Waals surface area contributed by atoms with Gasteiger partial charge in [-0.25, -0.2) is 0 Å². The molecule has 1 aromatic rings. The average molecular weight is 255 g/mol. The van der Waals surface area contributed by atoms with Crippen LogP contribution < -0.4 is 5.32 Å². The van der Waals surface area contributed by atoms with Crippen molar-refractivity contribution >= 4 is 17.2 Å². The van der Waals surface area contributed by atoms with E-state index in [1.165, 1.54) is 42.4 Å². The first kappa shape index (κ1) is 12.5. The number of carbonyl (C=O) groups is 1. The maximum Gasteiger partial charge on any atom is 0.224 e. The van der Waals surface area contributed by atoms with Crippen LogP contribution in [0.15, 0.2) is 24.3 Å². The third kappa shape index (κ3) is 2.58. The second-order valence-corrected chi connectivity index (χ2v) is 5.70. The molecular weight excluding hydrogens is 234 g/mol. The zero-order chi connectivity index (χ0) is 13.2. The summed E-state index contributed by atoms with van der Waals surface area (Å²) in [4.78, 5) is 11.4. The summed E-state index contributed by atoms with van der Waals surface area (Å²) >= 11 is 0. The highest BCUT2D eigenvalue weighted by Gasteiger charge is 2.17. The standard InChI is InChI=1S/C17H21NO/c1-2-12-3-5-13(6-4-12)14-7-9-16-15(11-14)8-10-17(19)18-16/h5,7,9,11-12H,2-4,6,8,10H2,1H3,(H,18,19). The molecule has 1 aromatic carbocycles. The number of carbonyl (C=O) groups excluding carboxylic acids is 1. The summed E-state index contributed by atoms with van der Waals surface area (Å²) in [6.07, 6.45) is 8.94. The predicted molar refractivity (Wildman–Crippen MR) is 79.0 cm³/mol. The van der Waals surface area contributed by atoms with E-state index in [0.29, 0.717) is 6.42 Å². The monoisotopic (exact) mass is 255 g/mol. The lowest BCUT2D eigenvalue weighted by molar-refractivity contribution is -0.116. The fourth-order valence-corrected chi connectivity index (χ4v) is 3.10. The van der Waals surface area contributed by atoms with E-state index in [2.05, 4.69) is 36.5 Å². The topological polar surface area (TPSA) is 29.1 Å². The summed E-state index contributed by atoms with van der Waals surface area (Å²) in [6.45, 7) is 2.28. The molecule has 1 aliphatic heterocycles. The number of fused-ring (bicyclic) bond motifs is 1. The number of rotatable bonds is 2. The largest absolute Gasteiger partial charge is 0.326 e. The first-order valence-electron chi connectivity index (χ1n) is 7.38. The highest BCUT2D eigenvalue weighted by Crippen LogP contribution is 2.34. The van der Waals surface area contributed by atoms with Gasteiger partial charge in [0.25, 0.3) is 0 Å². The van der Waals surface area contributed by atoms with E-state index in [1.54, 1.807) is 0 Å². The Bertz CT molecular complexity index is 530. The molecule has 1 heterocycles. The second-order valence-electron chi connectivity index (χ2n) is 5.70. The van der Waals surface area contributed by atoms with Gasteiger partial charge in [-0.3, -0.25) is 4.79 Å². The van der Waals surface area contributed by atoms with Gasteiger partial charge in [0.1, 0.15) is 0 Å². The second kappa shape index (κ2) is 5.20. The van der Waals surface area contributed by atoms with Gasteiger partial charge < -0.3 is 5.32 Å². The molecule has 0 saturated carbocycles. The molecule has 0 bridgehead atoms. The molecule has 2 aliphatic rings. The molecule has 1 N–H and O–H groups in total. The van der Waals surface area contributed by atoms with E-state index in [4.69, 9.17) is 0 Å². The van der Waals surface area contributed by atoms with Crippen molar-refractivity contribution in [1.82, 2.24) is 0 Å². The molecule has 2 nitrogen and oxygen atoms in total. The van der Waals surface area contributed by atoms with Gasteiger partial charge >= 0.3 is 0 Å². The zero-order valence-electron chi connectivity index (χ0n) is 11.5. The van der Waals surface area contributed by atoms with Gasteiger partial charge in [-0.2, -0.15) is 0 Å². The molecule has 0 spiro atoms. The number of hydrogen-bond donors (Lipinski definition) is 1. The summed E-state index contributed by atoms with van der Waals surface area (Å²) in [5.41, 5.74) is 5.13. The molecule has 0 fully saturated rings. The van der Waals surface area contributed by atoms with E-state index in [-0.39, 0.29) is 5.91 Å². The van der Waals surface area contributed by atoms with Crippen molar-refractivity contribution in [3.63, 3.8) is 0 Å². The van der Waals surface area contributed by atoms with Gasteiger partial charge in [-0.05, 0) is 60.4 Å². The van der Waals surface area contributed by atoms with Crippen LogP contribution in [0.3, 0.4) is 0 Å². The average Bonchev–Trinajstić information content (AvgIpc) is 2.47. The van der Waals surface area contributed by atoms with E-state index in [0.717, 1.165) is 18.0 Å². The molecule has 1 atom stereocenters. The first-order valence-corrected chi connectivity index (χ1v) is 7.38. The Morgan fingerprint density at radius 2 is 2.16 bits per heavy atom. The minimum Gasteiger partial charge on any atom is -0.326 e. The molecule has 3 rings (SSSR count). The van der Waals surface area contributed by atoms with E-state index in [9.17, 15) is 4.79 Å². The molecule has 19 heavy (non-hydrogen) atoms. The van der Waals surface area contributed by atoms with Gasteiger partial charge in [-0.15, -0.1) is 0 Å². The number of amides is 1. The number of anilines is 1. The fourth-order valence-electron chi connectivity index (χ4n) is 3.10. The van der Waals surface area contributed by atoms with Crippen LogP contribution in [0.4, 0.5) is 5.69 Å². The molecule has 2 heteroatoms. The maximum absolute atomic E-state index is 11.4. The van der Waals surface area contributed by atoms with Crippen LogP contribution >= 0.6 is 0 Å². The van der Waals surface area contributed by atoms with Crippen LogP contribution in [0.5, 0.6) is 0 Å². The van der Waals surface area contributed by atoms with Gasteiger partial charge in [0.15, 0.2) is 0 Å². The van der Waals surface area contributed by atoms with Gasteiger partial charge in [0.2, 0.25) is 5.91 Å². The third-order valence-electron chi connectivity index (χ3n) is 4.47. The van der Waals surface area contributed by atoms with E-state index < -0.39 is 0 Å². The van der Waals surface area contributed by atoms with Crippen molar-refractivity contribution in [2.45, 2.75) is 45.4 Å². The van der Waals surface area contributed by atoms with Crippen molar-refractivity contribution in [3.8, 4) is 0 Å². The minimum atomic E-state index is 0.142. The third-order valence-corrected chi connectivity index (χ3v) is 4.47. The first-order chi connectivity index (χ1) is 9.26. The lowest BCUT2D eigenvalue weighted by Crippen LogP contribution is -2.19. The van der Waals surface area contributed by atoms with Crippen molar-refractivity contribution in [2.24, 2.45) is 5.92 Å². The van der Waals surface area contributed by atoms with Gasteiger partial charge in [0, 0.05) is 12.1 Å². The molecular formula is C17H21NO. The van der Waals surface area contributed by atoms with Crippen molar-refractivity contribution < 1.29 is 4.79 Å². The molecule has 0 radical (unpaired) electrons. The van der Waals surface area contributed by atoms with E-state index >= 15 is 0 Å². The van der Waals surface area contributed by atoms with Gasteiger partial charge in [-0.1, -0.05) is 25.5 Å². The SMILES string of the molecule is CCC1CC=C(c2ccc3c(c2)CCC(=O)N3)CC1. The van der Waals surface area contributed by atoms with Crippen LogP contribution in [0, 0.1) is 5.92 Å². The Balaban J connectivity index is 1.83. The van der Waals surface area contributed by atoms with Crippen molar-refractivity contribution in [2.75, 3.05) is 5.32 Å². The summed E-state index contributed by atoms with van der Waals surface area (Å²) in [7, 11) is 0. The Labute approximate surface area is 114 Å². The molecule has 1 unspecified atom stereocenters. The quantitative estimate of drug-likeness (QED) is 0.844. The van der Waals surface area contributed by atoms with Crippen molar-refractivity contribution in [3.05, 3.63) is 35.4 Å². The van der Waals surface area contributed by atoms with Crippen molar-refractivity contribution in [1.29, 1.82) is 0 Å². The Hall–Kier alpha value is -1.57. The highest BCUT2D eigenvalue weighted by atomic mass is 16.1. The smallest absolute Gasteiger partial charge is 0.224 e. The summed E-state index contributed by atoms with van der Waals surface area (Å²) < 4.78 is 0. The minimum absolute atomic E-state index is 0.142. The van der Waals surface area contributed by atoms with Gasteiger partial charge in [0.05, 0.1) is 0 Å². The molecule has 0 aromatic heterocycles. The lowest BCUT2D eigenvalue weighted by atomic mass is 9.84. The fraction of sp³-hybridized carbons (Fsp3) is 0.471. The molecule has 1 aliphatic carbocycles. The van der Waals surface area contributed by atoms with E-state index in [1.807, 2.05) is 0 Å². The predicted octanol–water partition coefficient (Wildman–Crippen LogP) is 4.16. The summed E-state index contributed by atoms with van der Waals surface area (Å²) in [5.74, 6) is 1.02. The number of hydrogen-bond acceptors (Lipinski definition) is 1. The van der Waals surface area contributed by atoms with Crippen LogP contribution in [-0.4, -0.2) is 5.91 Å². The molecule has 100 valence electrons. The van der Waals surface area contributed by atoms with Crippen LogP contribution in [0.1, 0.15) is 50.2 Å². The van der Waals surface area contributed by atoms with Crippen LogP contribution in [-0.2, 0) is 11.2 Å². The molecule has 1 amide bonds. The van der Waals surface area contributed by atoms with Crippen LogP contribution in [0.25, 0.3) is 5.57 Å². The Morgan fingerprint density at radius 1 is 1.26 bits per heavy atom. The zero-order valence-corrected chi connectivity index (χ0v) is 11.5. The Morgan fingerprint density at radius 3 is 2.89 bits per heavy atom. The number of nitrogens with one attached hydrogen (secondary N) is 1. The lowest BCUT2D eigenvalue weighted by Gasteiger charge is -2.22. The number of aryl methyl sites for hydroxylation is 1. The maximum atomic E-state index is 11.4. The molecule has 0 saturated heterocycles. The van der Waals surface area contributed by atoms with Crippen LogP contribution in [0.2, 0.25) is 0 Å². The normalized spacial score (nSPS) is 22.5. The summed E-state index contributed by atoms with van der Waals surface area (Å²) in [6, 6.07) is 6.49. The highest BCUT2D eigenvalue weighted by molar-refractivity contribution is 5.94. The number of allylic oxidation sites excluding steroid dienone is 2. The Kier molecular flexibility index (Phi) is 3.41. The number of benzene rings is 1.